The Morgan fingerprint density at radius 1 is 1.36 bits per heavy atom. The molecule has 1 aromatic carbocycles. The first-order chi connectivity index (χ1) is 10.3. The third-order valence-electron chi connectivity index (χ3n) is 3.44. The van der Waals surface area contributed by atoms with Crippen LogP contribution in [0.1, 0.15) is 12.8 Å². The molecule has 0 aromatic heterocycles. The molecule has 22 heavy (non-hydrogen) atoms. The number of hydrogen-bond donors (Lipinski definition) is 2. The molecule has 1 aromatic rings. The number of halogens is 2. The van der Waals surface area contributed by atoms with Crippen molar-refractivity contribution in [1.82, 2.24) is 9.62 Å². The average Bonchev–Trinajstić information content (AvgIpc) is 2.42. The predicted molar refractivity (Wildman–Crippen MR) is 83.0 cm³/mol. The first-order valence-electron chi connectivity index (χ1n) is 6.73. The Bertz CT molecular complexity index is 660. The SMILES string of the molecule is CS(=O)(=O)N1CCC(NC(=O)Nc2ccc(F)c(Cl)c2)CC1. The van der Waals surface area contributed by atoms with E-state index in [0.29, 0.717) is 31.6 Å². The van der Waals surface area contributed by atoms with E-state index in [9.17, 15) is 17.6 Å². The van der Waals surface area contributed by atoms with Gasteiger partial charge in [-0.25, -0.2) is 21.9 Å². The second-order valence-corrected chi connectivity index (χ2v) is 7.55. The second-order valence-electron chi connectivity index (χ2n) is 5.16. The number of nitrogens with zero attached hydrogens (tertiary/aromatic N) is 1. The lowest BCUT2D eigenvalue weighted by Gasteiger charge is -2.30. The lowest BCUT2D eigenvalue weighted by atomic mass is 10.1. The number of piperidine rings is 1. The van der Waals surface area contributed by atoms with Crippen LogP contribution in [0, 0.1) is 5.82 Å². The molecule has 0 bridgehead atoms. The fourth-order valence-electron chi connectivity index (χ4n) is 2.26. The molecule has 2 amide bonds. The summed E-state index contributed by atoms with van der Waals surface area (Å²) in [5.41, 5.74) is 0.387. The zero-order valence-corrected chi connectivity index (χ0v) is 13.5. The van der Waals surface area contributed by atoms with Gasteiger partial charge in [-0.3, -0.25) is 0 Å². The minimum atomic E-state index is -3.18. The number of anilines is 1. The quantitative estimate of drug-likeness (QED) is 0.876. The maximum absolute atomic E-state index is 13.0. The minimum absolute atomic E-state index is 0.0701. The third kappa shape index (κ3) is 4.56. The summed E-state index contributed by atoms with van der Waals surface area (Å²) in [5, 5.41) is 5.26. The van der Waals surface area contributed by atoms with Crippen LogP contribution in [0.2, 0.25) is 5.02 Å². The van der Waals surface area contributed by atoms with Gasteiger partial charge < -0.3 is 10.6 Å². The number of hydrogen-bond acceptors (Lipinski definition) is 3. The summed E-state index contributed by atoms with van der Waals surface area (Å²) in [4.78, 5) is 11.9. The monoisotopic (exact) mass is 349 g/mol. The fourth-order valence-corrected chi connectivity index (χ4v) is 3.31. The van der Waals surface area contributed by atoms with Gasteiger partial charge in [-0.2, -0.15) is 0 Å². The van der Waals surface area contributed by atoms with Gasteiger partial charge in [0.25, 0.3) is 0 Å². The summed E-state index contributed by atoms with van der Waals surface area (Å²) in [7, 11) is -3.18. The van der Waals surface area contributed by atoms with Gasteiger partial charge in [-0.1, -0.05) is 11.6 Å². The van der Waals surface area contributed by atoms with E-state index >= 15 is 0 Å². The molecule has 0 atom stereocenters. The van der Waals surface area contributed by atoms with Crippen molar-refractivity contribution in [2.75, 3.05) is 24.7 Å². The van der Waals surface area contributed by atoms with Crippen LogP contribution >= 0.6 is 11.6 Å². The van der Waals surface area contributed by atoms with Gasteiger partial charge in [-0.15, -0.1) is 0 Å². The van der Waals surface area contributed by atoms with Crippen molar-refractivity contribution in [3.05, 3.63) is 29.0 Å². The van der Waals surface area contributed by atoms with Crippen molar-refractivity contribution in [2.24, 2.45) is 0 Å². The molecule has 2 rings (SSSR count). The Hall–Kier alpha value is -1.38. The number of amides is 2. The van der Waals surface area contributed by atoms with E-state index in [0.717, 1.165) is 0 Å². The Labute approximate surface area is 133 Å². The maximum Gasteiger partial charge on any atom is 0.319 e. The number of sulfonamides is 1. The lowest BCUT2D eigenvalue weighted by molar-refractivity contribution is 0.238. The van der Waals surface area contributed by atoms with Crippen molar-refractivity contribution in [2.45, 2.75) is 18.9 Å². The molecule has 9 heteroatoms. The van der Waals surface area contributed by atoms with Crippen molar-refractivity contribution in [1.29, 1.82) is 0 Å². The van der Waals surface area contributed by atoms with E-state index in [-0.39, 0.29) is 11.1 Å². The van der Waals surface area contributed by atoms with Gasteiger partial charge in [0.1, 0.15) is 5.82 Å². The van der Waals surface area contributed by atoms with Crippen LogP contribution in [0.5, 0.6) is 0 Å². The Balaban J connectivity index is 1.84. The van der Waals surface area contributed by atoms with Gasteiger partial charge in [0, 0.05) is 24.8 Å². The molecule has 1 aliphatic heterocycles. The summed E-state index contributed by atoms with van der Waals surface area (Å²) in [6, 6.07) is 3.37. The van der Waals surface area contributed by atoms with E-state index in [4.69, 9.17) is 11.6 Å². The number of benzene rings is 1. The van der Waals surface area contributed by atoms with Crippen molar-refractivity contribution >= 4 is 33.3 Å². The van der Waals surface area contributed by atoms with Crippen LogP contribution in [-0.4, -0.2) is 44.1 Å². The standard InChI is InChI=1S/C13H17ClFN3O3S/c1-22(20,21)18-6-4-9(5-7-18)16-13(19)17-10-2-3-12(15)11(14)8-10/h2-3,8-9H,4-7H2,1H3,(H2,16,17,19). The smallest absolute Gasteiger partial charge is 0.319 e. The van der Waals surface area contributed by atoms with Crippen molar-refractivity contribution in [3.63, 3.8) is 0 Å². The Morgan fingerprint density at radius 2 is 2.00 bits per heavy atom. The number of nitrogens with one attached hydrogen (secondary N) is 2. The lowest BCUT2D eigenvalue weighted by Crippen LogP contribution is -2.47. The molecule has 0 unspecified atom stereocenters. The summed E-state index contributed by atoms with van der Waals surface area (Å²) < 4.78 is 37.2. The Morgan fingerprint density at radius 3 is 2.55 bits per heavy atom. The van der Waals surface area contributed by atoms with Crippen LogP contribution in [-0.2, 0) is 10.0 Å². The van der Waals surface area contributed by atoms with Crippen LogP contribution in [0.3, 0.4) is 0 Å². The molecule has 1 fully saturated rings. The van der Waals surface area contributed by atoms with Crippen LogP contribution in [0.15, 0.2) is 18.2 Å². The summed E-state index contributed by atoms with van der Waals surface area (Å²) in [6.45, 7) is 0.762. The zero-order chi connectivity index (χ0) is 16.3. The normalized spacial score (nSPS) is 17.2. The van der Waals surface area contributed by atoms with Crippen molar-refractivity contribution in [3.8, 4) is 0 Å². The highest BCUT2D eigenvalue weighted by Gasteiger charge is 2.25. The number of urea groups is 1. The Kier molecular flexibility index (Phi) is 5.25. The molecule has 6 nitrogen and oxygen atoms in total. The molecule has 122 valence electrons. The first-order valence-corrected chi connectivity index (χ1v) is 8.96. The van der Waals surface area contributed by atoms with Crippen LogP contribution < -0.4 is 10.6 Å². The topological polar surface area (TPSA) is 78.5 Å². The molecular weight excluding hydrogens is 333 g/mol. The predicted octanol–water partition coefficient (Wildman–Crippen LogP) is 2.02. The van der Waals surface area contributed by atoms with E-state index in [1.807, 2.05) is 0 Å². The van der Waals surface area contributed by atoms with Gasteiger partial charge in [0.15, 0.2) is 0 Å². The summed E-state index contributed by atoms with van der Waals surface area (Å²) in [5.74, 6) is -0.555. The van der Waals surface area contributed by atoms with E-state index in [1.165, 1.54) is 28.8 Å². The second kappa shape index (κ2) is 6.80. The molecule has 1 saturated heterocycles. The third-order valence-corrected chi connectivity index (χ3v) is 5.03. The molecule has 1 aliphatic rings. The molecule has 0 aliphatic carbocycles. The van der Waals surface area contributed by atoms with E-state index in [1.54, 1.807) is 0 Å². The number of rotatable bonds is 3. The fraction of sp³-hybridized carbons (Fsp3) is 0.462. The maximum atomic E-state index is 13.0. The molecule has 0 saturated carbocycles. The van der Waals surface area contributed by atoms with Gasteiger partial charge in [0.05, 0.1) is 11.3 Å². The molecule has 0 spiro atoms. The van der Waals surface area contributed by atoms with Crippen LogP contribution in [0.25, 0.3) is 0 Å². The number of carbonyl (C=O) groups excluding carboxylic acids is 1. The highest BCUT2D eigenvalue weighted by molar-refractivity contribution is 7.88. The molecule has 2 N–H and O–H groups in total. The van der Waals surface area contributed by atoms with Gasteiger partial charge in [-0.05, 0) is 31.0 Å². The van der Waals surface area contributed by atoms with Gasteiger partial charge in [0.2, 0.25) is 10.0 Å². The largest absolute Gasteiger partial charge is 0.335 e. The molecule has 0 radical (unpaired) electrons. The minimum Gasteiger partial charge on any atom is -0.335 e. The first kappa shape index (κ1) is 17.0. The van der Waals surface area contributed by atoms with Crippen molar-refractivity contribution < 1.29 is 17.6 Å². The average molecular weight is 350 g/mol. The summed E-state index contributed by atoms with van der Waals surface area (Å²) >= 11 is 5.64. The highest BCUT2D eigenvalue weighted by Crippen LogP contribution is 2.19. The zero-order valence-electron chi connectivity index (χ0n) is 12.0. The summed E-state index contributed by atoms with van der Waals surface area (Å²) in [6.07, 6.45) is 2.26. The molecule has 1 heterocycles. The van der Waals surface area contributed by atoms with Crippen LogP contribution in [0.4, 0.5) is 14.9 Å². The van der Waals surface area contributed by atoms with Gasteiger partial charge >= 0.3 is 6.03 Å². The highest BCUT2D eigenvalue weighted by atomic mass is 35.5. The molecular formula is C13H17ClFN3O3S. The van der Waals surface area contributed by atoms with E-state index < -0.39 is 21.9 Å². The van der Waals surface area contributed by atoms with E-state index in [2.05, 4.69) is 10.6 Å². The number of carbonyl (C=O) groups is 1.